The first-order valence-electron chi connectivity index (χ1n) is 6.38. The van der Waals surface area contributed by atoms with E-state index in [-0.39, 0.29) is 0 Å². The molecule has 0 saturated heterocycles. The number of aromatic amines is 1. The van der Waals surface area contributed by atoms with Crippen molar-refractivity contribution in [3.05, 3.63) is 76.6 Å². The molecule has 0 aliphatic rings. The number of ether oxygens (including phenoxy) is 1. The SMILES string of the molecule is O=[N+]([O-])/C=C/c1c[nH]c2cc(Oc3ccccc3)ccc12. The zero-order valence-electron chi connectivity index (χ0n) is 11.0. The maximum atomic E-state index is 10.4. The molecule has 0 aliphatic heterocycles. The molecule has 1 aromatic heterocycles. The molecule has 0 radical (unpaired) electrons. The average molecular weight is 280 g/mol. The van der Waals surface area contributed by atoms with Crippen molar-refractivity contribution in [3.63, 3.8) is 0 Å². The Bertz CT molecular complexity index is 807. The molecule has 0 saturated carbocycles. The highest BCUT2D eigenvalue weighted by Crippen LogP contribution is 2.27. The Balaban J connectivity index is 1.90. The van der Waals surface area contributed by atoms with Crippen LogP contribution in [0.25, 0.3) is 17.0 Å². The van der Waals surface area contributed by atoms with Gasteiger partial charge in [0.15, 0.2) is 0 Å². The topological polar surface area (TPSA) is 68.2 Å². The number of hydrogen-bond acceptors (Lipinski definition) is 3. The van der Waals surface area contributed by atoms with Crippen LogP contribution in [0.15, 0.2) is 60.9 Å². The van der Waals surface area contributed by atoms with Crippen molar-refractivity contribution in [2.24, 2.45) is 0 Å². The molecule has 0 spiro atoms. The summed E-state index contributed by atoms with van der Waals surface area (Å²) in [4.78, 5) is 13.0. The van der Waals surface area contributed by atoms with Gasteiger partial charge in [0.05, 0.1) is 4.92 Å². The molecule has 0 unspecified atom stereocenters. The summed E-state index contributed by atoms with van der Waals surface area (Å²) in [7, 11) is 0. The van der Waals surface area contributed by atoms with Crippen LogP contribution < -0.4 is 4.74 Å². The summed E-state index contributed by atoms with van der Waals surface area (Å²) in [5.74, 6) is 1.47. The monoisotopic (exact) mass is 280 g/mol. The van der Waals surface area contributed by atoms with E-state index >= 15 is 0 Å². The third kappa shape index (κ3) is 2.92. The normalized spacial score (nSPS) is 11.0. The van der Waals surface area contributed by atoms with Crippen molar-refractivity contribution in [1.29, 1.82) is 0 Å². The first kappa shape index (κ1) is 12.9. The van der Waals surface area contributed by atoms with E-state index in [1.165, 1.54) is 6.08 Å². The Morgan fingerprint density at radius 3 is 2.67 bits per heavy atom. The molecular weight excluding hydrogens is 268 g/mol. The predicted octanol–water partition coefficient (Wildman–Crippen LogP) is 4.21. The maximum Gasteiger partial charge on any atom is 0.235 e. The molecule has 104 valence electrons. The van der Waals surface area contributed by atoms with Gasteiger partial charge in [0.1, 0.15) is 11.5 Å². The fourth-order valence-corrected chi connectivity index (χ4v) is 2.09. The molecule has 21 heavy (non-hydrogen) atoms. The summed E-state index contributed by atoms with van der Waals surface area (Å²) in [6.45, 7) is 0. The van der Waals surface area contributed by atoms with E-state index in [0.29, 0.717) is 5.75 Å². The number of benzene rings is 2. The van der Waals surface area contributed by atoms with Crippen LogP contribution in [0.1, 0.15) is 5.56 Å². The minimum atomic E-state index is -0.480. The van der Waals surface area contributed by atoms with Crippen LogP contribution in [-0.4, -0.2) is 9.91 Å². The summed E-state index contributed by atoms with van der Waals surface area (Å²) in [6.07, 6.45) is 4.13. The lowest BCUT2D eigenvalue weighted by Gasteiger charge is -2.05. The van der Waals surface area contributed by atoms with Gasteiger partial charge in [0.2, 0.25) is 6.20 Å². The fourth-order valence-electron chi connectivity index (χ4n) is 2.09. The zero-order valence-corrected chi connectivity index (χ0v) is 11.0. The van der Waals surface area contributed by atoms with E-state index in [4.69, 9.17) is 4.74 Å². The molecule has 0 fully saturated rings. The lowest BCUT2D eigenvalue weighted by atomic mass is 10.1. The number of rotatable bonds is 4. The molecule has 0 aliphatic carbocycles. The number of nitro groups is 1. The molecule has 0 atom stereocenters. The summed E-state index contributed by atoms with van der Waals surface area (Å²) in [5, 5.41) is 11.3. The highest BCUT2D eigenvalue weighted by Gasteiger charge is 2.04. The quantitative estimate of drug-likeness (QED) is 0.575. The highest BCUT2D eigenvalue weighted by atomic mass is 16.6. The van der Waals surface area contributed by atoms with Crippen LogP contribution in [-0.2, 0) is 0 Å². The van der Waals surface area contributed by atoms with Gasteiger partial charge >= 0.3 is 0 Å². The predicted molar refractivity (Wildman–Crippen MR) is 80.8 cm³/mol. The van der Waals surface area contributed by atoms with E-state index < -0.39 is 4.92 Å². The smallest absolute Gasteiger partial charge is 0.235 e. The lowest BCUT2D eigenvalue weighted by molar-refractivity contribution is -0.400. The van der Waals surface area contributed by atoms with Crippen molar-refractivity contribution in [3.8, 4) is 11.5 Å². The molecule has 3 aromatic rings. The maximum absolute atomic E-state index is 10.4. The second kappa shape index (κ2) is 5.50. The minimum absolute atomic E-state index is 0.480. The van der Waals surface area contributed by atoms with Crippen LogP contribution in [0.2, 0.25) is 0 Å². The van der Waals surface area contributed by atoms with E-state index in [1.807, 2.05) is 48.5 Å². The van der Waals surface area contributed by atoms with E-state index in [0.717, 1.165) is 28.4 Å². The largest absolute Gasteiger partial charge is 0.457 e. The fraction of sp³-hybridized carbons (Fsp3) is 0. The second-order valence-electron chi connectivity index (χ2n) is 4.47. The van der Waals surface area contributed by atoms with Gasteiger partial charge in [0, 0.05) is 34.8 Å². The number of H-pyrrole nitrogens is 1. The van der Waals surface area contributed by atoms with E-state index in [2.05, 4.69) is 4.98 Å². The second-order valence-corrected chi connectivity index (χ2v) is 4.47. The number of aromatic nitrogens is 1. The molecule has 0 amide bonds. The van der Waals surface area contributed by atoms with Crippen molar-refractivity contribution in [2.45, 2.75) is 0 Å². The van der Waals surface area contributed by atoms with Crippen molar-refractivity contribution in [1.82, 2.24) is 4.98 Å². The Morgan fingerprint density at radius 2 is 1.90 bits per heavy atom. The van der Waals surface area contributed by atoms with Crippen LogP contribution in [0.3, 0.4) is 0 Å². The number of para-hydroxylation sites is 1. The standard InChI is InChI=1S/C16H12N2O3/c19-18(20)9-8-12-11-17-16-10-14(6-7-15(12)16)21-13-4-2-1-3-5-13/h1-11,17H/b9-8+. The van der Waals surface area contributed by atoms with Crippen LogP contribution in [0.5, 0.6) is 11.5 Å². The molecule has 5 heteroatoms. The lowest BCUT2D eigenvalue weighted by Crippen LogP contribution is -1.83. The molecule has 1 N–H and O–H groups in total. The average Bonchev–Trinajstić information content (AvgIpc) is 2.88. The van der Waals surface area contributed by atoms with Gasteiger partial charge in [0.25, 0.3) is 0 Å². The number of nitrogens with one attached hydrogen (secondary N) is 1. The summed E-state index contributed by atoms with van der Waals surface area (Å²) >= 11 is 0. The molecule has 0 bridgehead atoms. The van der Waals surface area contributed by atoms with Crippen molar-refractivity contribution < 1.29 is 9.66 Å². The first-order chi connectivity index (χ1) is 10.2. The van der Waals surface area contributed by atoms with Gasteiger partial charge in [-0.2, -0.15) is 0 Å². The highest BCUT2D eigenvalue weighted by molar-refractivity contribution is 5.89. The van der Waals surface area contributed by atoms with Gasteiger partial charge in [-0.1, -0.05) is 18.2 Å². The summed E-state index contributed by atoms with van der Waals surface area (Å²) < 4.78 is 5.75. The number of hydrogen-bond donors (Lipinski definition) is 1. The van der Waals surface area contributed by atoms with Crippen molar-refractivity contribution >= 4 is 17.0 Å². The molecule has 2 aromatic carbocycles. The van der Waals surface area contributed by atoms with Crippen LogP contribution in [0.4, 0.5) is 0 Å². The van der Waals surface area contributed by atoms with Crippen molar-refractivity contribution in [2.75, 3.05) is 0 Å². The van der Waals surface area contributed by atoms with Gasteiger partial charge in [-0.05, 0) is 24.3 Å². The third-order valence-electron chi connectivity index (χ3n) is 3.04. The van der Waals surface area contributed by atoms with Crippen LogP contribution in [0, 0.1) is 10.1 Å². The number of fused-ring (bicyclic) bond motifs is 1. The van der Waals surface area contributed by atoms with E-state index in [9.17, 15) is 10.1 Å². The third-order valence-corrected chi connectivity index (χ3v) is 3.04. The van der Waals surface area contributed by atoms with Gasteiger partial charge in [-0.3, -0.25) is 10.1 Å². The van der Waals surface area contributed by atoms with E-state index in [1.54, 1.807) is 6.20 Å². The molecule has 3 rings (SSSR count). The Kier molecular flexibility index (Phi) is 3.39. The Labute approximate surface area is 120 Å². The van der Waals surface area contributed by atoms with Gasteiger partial charge in [-0.25, -0.2) is 0 Å². The Hall–Kier alpha value is -3.08. The summed E-state index contributed by atoms with van der Waals surface area (Å²) in [5.41, 5.74) is 1.64. The number of nitrogens with zero attached hydrogens (tertiary/aromatic N) is 1. The molecular formula is C16H12N2O3. The minimum Gasteiger partial charge on any atom is -0.457 e. The zero-order chi connectivity index (χ0) is 14.7. The Morgan fingerprint density at radius 1 is 1.10 bits per heavy atom. The first-order valence-corrected chi connectivity index (χ1v) is 6.38. The van der Waals surface area contributed by atoms with Gasteiger partial charge < -0.3 is 9.72 Å². The molecule has 1 heterocycles. The summed E-state index contributed by atoms with van der Waals surface area (Å²) in [6, 6.07) is 15.1. The van der Waals surface area contributed by atoms with Crippen LogP contribution >= 0.6 is 0 Å². The molecule has 5 nitrogen and oxygen atoms in total. The van der Waals surface area contributed by atoms with Gasteiger partial charge in [-0.15, -0.1) is 0 Å².